The molecule has 0 aromatic heterocycles. The van der Waals surface area contributed by atoms with Crippen molar-refractivity contribution >= 4 is 17.5 Å². The highest BCUT2D eigenvalue weighted by molar-refractivity contribution is 6.39. The Morgan fingerprint density at radius 3 is 2.27 bits per heavy atom. The number of aryl methyl sites for hydroxylation is 1. The van der Waals surface area contributed by atoms with Gasteiger partial charge < -0.3 is 24.8 Å². The molecule has 0 saturated heterocycles. The summed E-state index contributed by atoms with van der Waals surface area (Å²) in [5, 5.41) is 11.9. The lowest BCUT2D eigenvalue weighted by molar-refractivity contribution is -0.144. The molecule has 7 nitrogen and oxygen atoms in total. The SMILES string of the molecule is COCCN(CCOC)C(=O)C(=O)Nc1ccc(O)cc1C. The number of aromatic hydroxyl groups is 1. The number of hydrogen-bond acceptors (Lipinski definition) is 5. The van der Waals surface area contributed by atoms with E-state index in [1.54, 1.807) is 13.0 Å². The van der Waals surface area contributed by atoms with Crippen LogP contribution in [0.1, 0.15) is 5.56 Å². The Labute approximate surface area is 129 Å². The predicted octanol–water partition coefficient (Wildman–Crippen LogP) is 0.761. The van der Waals surface area contributed by atoms with Crippen LogP contribution in [0.3, 0.4) is 0 Å². The van der Waals surface area contributed by atoms with Gasteiger partial charge in [-0.05, 0) is 30.7 Å². The average molecular weight is 310 g/mol. The number of hydrogen-bond donors (Lipinski definition) is 2. The Morgan fingerprint density at radius 1 is 1.18 bits per heavy atom. The van der Waals surface area contributed by atoms with E-state index in [9.17, 15) is 14.7 Å². The number of benzene rings is 1. The Balaban J connectivity index is 2.73. The fraction of sp³-hybridized carbons (Fsp3) is 0.467. The third-order valence-electron chi connectivity index (χ3n) is 3.07. The average Bonchev–Trinajstić information content (AvgIpc) is 2.49. The molecule has 2 N–H and O–H groups in total. The van der Waals surface area contributed by atoms with Gasteiger partial charge >= 0.3 is 11.8 Å². The van der Waals surface area contributed by atoms with Crippen LogP contribution in [0.4, 0.5) is 5.69 Å². The minimum atomic E-state index is -0.735. The Kier molecular flexibility index (Phi) is 7.34. The fourth-order valence-corrected chi connectivity index (χ4v) is 1.83. The van der Waals surface area contributed by atoms with Crippen LogP contribution in [0.15, 0.2) is 18.2 Å². The van der Waals surface area contributed by atoms with Gasteiger partial charge in [0.2, 0.25) is 0 Å². The number of carbonyl (C=O) groups is 2. The molecule has 0 aliphatic rings. The van der Waals surface area contributed by atoms with Crippen molar-refractivity contribution in [2.75, 3.05) is 45.8 Å². The van der Waals surface area contributed by atoms with Gasteiger partial charge in [-0.2, -0.15) is 0 Å². The molecule has 1 rings (SSSR count). The quantitative estimate of drug-likeness (QED) is 0.573. The van der Waals surface area contributed by atoms with Gasteiger partial charge in [0.15, 0.2) is 0 Å². The second-order valence-electron chi connectivity index (χ2n) is 4.73. The molecule has 0 spiro atoms. The summed E-state index contributed by atoms with van der Waals surface area (Å²) in [4.78, 5) is 25.6. The molecule has 0 heterocycles. The van der Waals surface area contributed by atoms with Gasteiger partial charge in [-0.15, -0.1) is 0 Å². The molecule has 0 aliphatic carbocycles. The van der Waals surface area contributed by atoms with Crippen LogP contribution >= 0.6 is 0 Å². The molecule has 22 heavy (non-hydrogen) atoms. The lowest BCUT2D eigenvalue weighted by Gasteiger charge is -2.21. The van der Waals surface area contributed by atoms with Gasteiger partial charge in [0.05, 0.1) is 13.2 Å². The van der Waals surface area contributed by atoms with E-state index in [-0.39, 0.29) is 5.75 Å². The summed E-state index contributed by atoms with van der Waals surface area (Å²) in [5.74, 6) is -1.29. The van der Waals surface area contributed by atoms with Crippen molar-refractivity contribution in [1.29, 1.82) is 0 Å². The molecular formula is C15H22N2O5. The van der Waals surface area contributed by atoms with E-state index < -0.39 is 11.8 Å². The van der Waals surface area contributed by atoms with Gasteiger partial charge in [0.25, 0.3) is 0 Å². The lowest BCUT2D eigenvalue weighted by Crippen LogP contribution is -2.43. The van der Waals surface area contributed by atoms with Crippen LogP contribution < -0.4 is 5.32 Å². The maximum Gasteiger partial charge on any atom is 0.313 e. The van der Waals surface area contributed by atoms with Gasteiger partial charge in [-0.3, -0.25) is 9.59 Å². The summed E-state index contributed by atoms with van der Waals surface area (Å²) < 4.78 is 9.88. The highest BCUT2D eigenvalue weighted by Crippen LogP contribution is 2.20. The molecule has 0 atom stereocenters. The van der Waals surface area contributed by atoms with E-state index >= 15 is 0 Å². The van der Waals surface area contributed by atoms with E-state index in [4.69, 9.17) is 9.47 Å². The number of methoxy groups -OCH3 is 2. The van der Waals surface area contributed by atoms with Gasteiger partial charge in [0, 0.05) is 33.0 Å². The van der Waals surface area contributed by atoms with Crippen molar-refractivity contribution in [1.82, 2.24) is 4.90 Å². The predicted molar refractivity (Wildman–Crippen MR) is 81.8 cm³/mol. The van der Waals surface area contributed by atoms with Crippen LogP contribution in [0.25, 0.3) is 0 Å². The van der Waals surface area contributed by atoms with Gasteiger partial charge in [-0.25, -0.2) is 0 Å². The molecule has 0 bridgehead atoms. The van der Waals surface area contributed by atoms with Crippen molar-refractivity contribution in [2.24, 2.45) is 0 Å². The van der Waals surface area contributed by atoms with Crippen molar-refractivity contribution in [2.45, 2.75) is 6.92 Å². The zero-order chi connectivity index (χ0) is 16.5. The normalized spacial score (nSPS) is 10.3. The molecule has 0 aliphatic heterocycles. The summed E-state index contributed by atoms with van der Waals surface area (Å²) in [6, 6.07) is 4.50. The van der Waals surface area contributed by atoms with E-state index in [1.165, 1.54) is 31.3 Å². The Bertz CT molecular complexity index is 511. The lowest BCUT2D eigenvalue weighted by atomic mass is 10.2. The summed E-state index contributed by atoms with van der Waals surface area (Å²) in [7, 11) is 3.05. The molecule has 0 fully saturated rings. The maximum absolute atomic E-state index is 12.2. The number of ether oxygens (including phenoxy) is 2. The Morgan fingerprint density at radius 2 is 1.77 bits per heavy atom. The second-order valence-corrected chi connectivity index (χ2v) is 4.73. The minimum Gasteiger partial charge on any atom is -0.508 e. The molecule has 1 aromatic rings. The number of carbonyl (C=O) groups excluding carboxylic acids is 2. The molecule has 0 radical (unpaired) electrons. The topological polar surface area (TPSA) is 88.1 Å². The number of phenolic OH excluding ortho intramolecular Hbond substituents is 1. The fourth-order valence-electron chi connectivity index (χ4n) is 1.83. The molecule has 1 aromatic carbocycles. The maximum atomic E-state index is 12.2. The highest BCUT2D eigenvalue weighted by atomic mass is 16.5. The first-order valence-corrected chi connectivity index (χ1v) is 6.87. The largest absolute Gasteiger partial charge is 0.508 e. The number of phenols is 1. The number of anilines is 1. The first-order valence-electron chi connectivity index (χ1n) is 6.87. The number of rotatable bonds is 7. The smallest absolute Gasteiger partial charge is 0.313 e. The third kappa shape index (κ3) is 5.34. The van der Waals surface area contributed by atoms with Crippen LogP contribution in [-0.2, 0) is 19.1 Å². The second kappa shape index (κ2) is 9.01. The molecule has 2 amide bonds. The van der Waals surface area contributed by atoms with E-state index in [1.807, 2.05) is 0 Å². The van der Waals surface area contributed by atoms with Crippen molar-refractivity contribution < 1.29 is 24.2 Å². The summed E-state index contributed by atoms with van der Waals surface area (Å²) in [5.41, 5.74) is 1.15. The Hall–Kier alpha value is -2.12. The standard InChI is InChI=1S/C15H22N2O5/c1-11-10-12(18)4-5-13(11)16-14(19)15(20)17(6-8-21-2)7-9-22-3/h4-5,10,18H,6-9H2,1-3H3,(H,16,19). The van der Waals surface area contributed by atoms with Crippen LogP contribution in [-0.4, -0.2) is 62.3 Å². The van der Waals surface area contributed by atoms with Crippen LogP contribution in [0, 0.1) is 6.92 Å². The van der Waals surface area contributed by atoms with Crippen LogP contribution in [0.5, 0.6) is 5.75 Å². The summed E-state index contributed by atoms with van der Waals surface area (Å²) in [6.07, 6.45) is 0. The molecule has 122 valence electrons. The zero-order valence-electron chi connectivity index (χ0n) is 13.1. The first kappa shape index (κ1) is 17.9. The number of nitrogens with one attached hydrogen (secondary N) is 1. The number of amides is 2. The van der Waals surface area contributed by atoms with Gasteiger partial charge in [-0.1, -0.05) is 0 Å². The minimum absolute atomic E-state index is 0.101. The molecule has 7 heteroatoms. The monoisotopic (exact) mass is 310 g/mol. The summed E-state index contributed by atoms with van der Waals surface area (Å²) >= 11 is 0. The highest BCUT2D eigenvalue weighted by Gasteiger charge is 2.22. The van der Waals surface area contributed by atoms with E-state index in [0.717, 1.165) is 0 Å². The van der Waals surface area contributed by atoms with E-state index in [2.05, 4.69) is 5.32 Å². The van der Waals surface area contributed by atoms with Crippen LogP contribution in [0.2, 0.25) is 0 Å². The van der Waals surface area contributed by atoms with E-state index in [0.29, 0.717) is 37.6 Å². The molecule has 0 saturated carbocycles. The third-order valence-corrected chi connectivity index (χ3v) is 3.07. The van der Waals surface area contributed by atoms with Crippen molar-refractivity contribution in [3.63, 3.8) is 0 Å². The van der Waals surface area contributed by atoms with Crippen molar-refractivity contribution in [3.8, 4) is 5.75 Å². The molecular weight excluding hydrogens is 288 g/mol. The van der Waals surface area contributed by atoms with Gasteiger partial charge in [0.1, 0.15) is 5.75 Å². The first-order chi connectivity index (χ1) is 10.5. The molecule has 0 unspecified atom stereocenters. The van der Waals surface area contributed by atoms with Crippen molar-refractivity contribution in [3.05, 3.63) is 23.8 Å². The number of nitrogens with zero attached hydrogens (tertiary/aromatic N) is 1. The summed E-state index contributed by atoms with van der Waals surface area (Å²) in [6.45, 7) is 3.01. The zero-order valence-corrected chi connectivity index (χ0v) is 13.1.